The molecule has 134 valence electrons. The van der Waals surface area contributed by atoms with E-state index in [1.165, 1.54) is 5.57 Å². The molecule has 3 saturated carbocycles. The second kappa shape index (κ2) is 3.96. The van der Waals surface area contributed by atoms with Gasteiger partial charge in [-0.25, -0.2) is 0 Å². The number of epoxide rings is 2. The minimum atomic E-state index is -0.532. The number of hydrogen-bond acceptors (Lipinski definition) is 4. The van der Waals surface area contributed by atoms with Gasteiger partial charge in [0, 0.05) is 17.3 Å². The molecule has 8 unspecified atom stereocenters. The van der Waals surface area contributed by atoms with Crippen LogP contribution < -0.4 is 0 Å². The molecule has 0 aromatic heterocycles. The highest BCUT2D eigenvalue weighted by Crippen LogP contribution is 2.79. The van der Waals surface area contributed by atoms with Gasteiger partial charge in [0.2, 0.25) is 0 Å². The maximum absolute atomic E-state index is 12.5. The number of ketones is 2. The van der Waals surface area contributed by atoms with Crippen LogP contribution in [-0.2, 0) is 19.1 Å². The Morgan fingerprint density at radius 3 is 2.72 bits per heavy atom. The van der Waals surface area contributed by atoms with Gasteiger partial charge in [-0.05, 0) is 56.9 Å². The lowest BCUT2D eigenvalue weighted by molar-refractivity contribution is -0.133. The first-order chi connectivity index (χ1) is 11.8. The average Bonchev–Trinajstić information content (AvgIpc) is 3.42. The topological polar surface area (TPSA) is 59.2 Å². The third kappa shape index (κ3) is 1.34. The fourth-order valence-corrected chi connectivity index (χ4v) is 8.08. The summed E-state index contributed by atoms with van der Waals surface area (Å²) in [6.45, 7) is 6.34. The van der Waals surface area contributed by atoms with Gasteiger partial charge in [0.1, 0.15) is 5.60 Å². The third-order valence-corrected chi connectivity index (χ3v) is 9.29. The molecule has 1 spiro atoms. The molecule has 2 heterocycles. The van der Waals surface area contributed by atoms with Crippen molar-refractivity contribution >= 4 is 11.6 Å². The van der Waals surface area contributed by atoms with E-state index in [1.807, 2.05) is 6.08 Å². The first-order valence-electron chi connectivity index (χ1n) is 9.90. The Morgan fingerprint density at radius 2 is 1.96 bits per heavy atom. The molecule has 0 aromatic carbocycles. The fraction of sp³-hybridized carbons (Fsp3) is 0.810. The highest BCUT2D eigenvalue weighted by molar-refractivity contribution is 5.92. The minimum absolute atomic E-state index is 0.00679. The summed E-state index contributed by atoms with van der Waals surface area (Å²) in [6, 6.07) is 0. The molecule has 4 aliphatic carbocycles. The van der Waals surface area contributed by atoms with Crippen LogP contribution in [-0.4, -0.2) is 35.0 Å². The molecule has 0 radical (unpaired) electrons. The van der Waals surface area contributed by atoms with Gasteiger partial charge in [0.25, 0.3) is 0 Å². The summed E-state index contributed by atoms with van der Waals surface area (Å²) >= 11 is 0. The van der Waals surface area contributed by atoms with Crippen LogP contribution in [0.1, 0.15) is 59.3 Å². The smallest absolute Gasteiger partial charge is 0.164 e. The van der Waals surface area contributed by atoms with Crippen molar-refractivity contribution in [1.29, 1.82) is 0 Å². The molecular weight excluding hydrogens is 316 g/mol. The standard InChI is InChI=1S/C21H26O4/c1-11(22)20-16(24-20)9-15-14-5-4-12-8-13(23)6-7-18(12,2)21(14)17(25-21)10-19(15,20)3/h8,14-17H,4-7,9-10H2,1-3H3. The molecule has 4 heteroatoms. The number of hydrogen-bond donors (Lipinski definition) is 0. The van der Waals surface area contributed by atoms with Gasteiger partial charge in [-0.2, -0.15) is 0 Å². The second-order valence-electron chi connectivity index (χ2n) is 9.87. The van der Waals surface area contributed by atoms with E-state index in [1.54, 1.807) is 6.92 Å². The van der Waals surface area contributed by atoms with Crippen LogP contribution in [0.2, 0.25) is 0 Å². The Morgan fingerprint density at radius 1 is 1.16 bits per heavy atom. The number of rotatable bonds is 1. The van der Waals surface area contributed by atoms with Crippen molar-refractivity contribution in [2.24, 2.45) is 22.7 Å². The van der Waals surface area contributed by atoms with Crippen LogP contribution in [0.15, 0.2) is 11.6 Å². The first-order valence-corrected chi connectivity index (χ1v) is 9.90. The van der Waals surface area contributed by atoms with E-state index in [0.717, 1.165) is 32.1 Å². The van der Waals surface area contributed by atoms with Gasteiger partial charge in [-0.1, -0.05) is 19.4 Å². The molecule has 25 heavy (non-hydrogen) atoms. The van der Waals surface area contributed by atoms with Crippen molar-refractivity contribution in [1.82, 2.24) is 0 Å². The molecule has 5 fully saturated rings. The Labute approximate surface area is 148 Å². The van der Waals surface area contributed by atoms with Gasteiger partial charge in [0.15, 0.2) is 17.2 Å². The normalized spacial score (nSPS) is 60.4. The van der Waals surface area contributed by atoms with Gasteiger partial charge in [0.05, 0.1) is 12.2 Å². The van der Waals surface area contributed by atoms with Crippen LogP contribution in [0.5, 0.6) is 0 Å². The third-order valence-electron chi connectivity index (χ3n) is 9.29. The maximum Gasteiger partial charge on any atom is 0.164 e. The lowest BCUT2D eigenvalue weighted by atomic mass is 9.46. The average molecular weight is 342 g/mol. The summed E-state index contributed by atoms with van der Waals surface area (Å²) in [6.07, 6.45) is 7.89. The predicted octanol–water partition coefficient (Wildman–Crippen LogP) is 2.99. The molecule has 0 amide bonds. The summed E-state index contributed by atoms with van der Waals surface area (Å²) in [7, 11) is 0. The summed E-state index contributed by atoms with van der Waals surface area (Å²) in [4.78, 5) is 24.4. The van der Waals surface area contributed by atoms with Crippen LogP contribution in [0.3, 0.4) is 0 Å². The molecule has 2 saturated heterocycles. The lowest BCUT2D eigenvalue weighted by Gasteiger charge is -2.56. The summed E-state index contributed by atoms with van der Waals surface area (Å²) in [5.74, 6) is 1.50. The summed E-state index contributed by atoms with van der Waals surface area (Å²) < 4.78 is 12.6. The van der Waals surface area contributed by atoms with Crippen molar-refractivity contribution in [3.8, 4) is 0 Å². The number of Topliss-reactive ketones (excluding diaryl/α,β-unsaturated/α-hetero) is 1. The van der Waals surface area contributed by atoms with Crippen molar-refractivity contribution in [2.45, 2.75) is 82.7 Å². The molecule has 6 rings (SSSR count). The van der Waals surface area contributed by atoms with Crippen molar-refractivity contribution < 1.29 is 19.1 Å². The van der Waals surface area contributed by atoms with Crippen LogP contribution in [0.25, 0.3) is 0 Å². The van der Waals surface area contributed by atoms with Gasteiger partial charge < -0.3 is 9.47 Å². The van der Waals surface area contributed by atoms with E-state index in [0.29, 0.717) is 18.3 Å². The minimum Gasteiger partial charge on any atom is -0.365 e. The van der Waals surface area contributed by atoms with E-state index >= 15 is 0 Å². The number of fused-ring (bicyclic) bond motifs is 5. The second-order valence-corrected chi connectivity index (χ2v) is 9.87. The molecule has 8 atom stereocenters. The van der Waals surface area contributed by atoms with E-state index in [-0.39, 0.29) is 40.2 Å². The molecule has 0 aromatic rings. The quantitative estimate of drug-likeness (QED) is 0.688. The highest BCUT2D eigenvalue weighted by atomic mass is 16.6. The van der Waals surface area contributed by atoms with Crippen LogP contribution >= 0.6 is 0 Å². The summed E-state index contributed by atoms with van der Waals surface area (Å²) in [5.41, 5.74) is 0.631. The van der Waals surface area contributed by atoms with Gasteiger partial charge in [-0.3, -0.25) is 9.59 Å². The van der Waals surface area contributed by atoms with Crippen molar-refractivity contribution in [2.75, 3.05) is 0 Å². The zero-order chi connectivity index (χ0) is 17.4. The molecule has 2 aliphatic heterocycles. The zero-order valence-corrected chi connectivity index (χ0v) is 15.3. The van der Waals surface area contributed by atoms with Crippen molar-refractivity contribution in [3.63, 3.8) is 0 Å². The van der Waals surface area contributed by atoms with E-state index < -0.39 is 5.60 Å². The fourth-order valence-electron chi connectivity index (χ4n) is 8.08. The number of carbonyl (C=O) groups excluding carboxylic acids is 2. The molecular formula is C21H26O4. The van der Waals surface area contributed by atoms with E-state index in [2.05, 4.69) is 13.8 Å². The molecule has 6 aliphatic rings. The number of ether oxygens (including phenoxy) is 2. The molecule has 0 N–H and O–H groups in total. The van der Waals surface area contributed by atoms with E-state index in [9.17, 15) is 9.59 Å². The zero-order valence-electron chi connectivity index (χ0n) is 15.3. The predicted molar refractivity (Wildman–Crippen MR) is 89.9 cm³/mol. The lowest BCUT2D eigenvalue weighted by Crippen LogP contribution is -2.59. The van der Waals surface area contributed by atoms with Crippen molar-refractivity contribution in [3.05, 3.63) is 11.6 Å². The van der Waals surface area contributed by atoms with E-state index in [4.69, 9.17) is 9.47 Å². The maximum atomic E-state index is 12.5. The Bertz CT molecular complexity index is 770. The van der Waals surface area contributed by atoms with Gasteiger partial charge >= 0.3 is 0 Å². The largest absolute Gasteiger partial charge is 0.365 e. The Hall–Kier alpha value is -1.00. The summed E-state index contributed by atoms with van der Waals surface area (Å²) in [5, 5.41) is 0. The Kier molecular flexibility index (Phi) is 2.39. The highest BCUT2D eigenvalue weighted by Gasteiger charge is 2.86. The van der Waals surface area contributed by atoms with Crippen LogP contribution in [0.4, 0.5) is 0 Å². The molecule has 0 bridgehead atoms. The molecule has 4 nitrogen and oxygen atoms in total. The SMILES string of the molecule is CC(=O)C12OC1CC1C3CCC4=CC(=O)CCC4(C)C34OC4CC12C. The van der Waals surface area contributed by atoms with Crippen LogP contribution in [0, 0.1) is 22.7 Å². The monoisotopic (exact) mass is 342 g/mol. The van der Waals surface area contributed by atoms with Gasteiger partial charge in [-0.15, -0.1) is 0 Å². The number of carbonyl (C=O) groups is 2. The first kappa shape index (κ1) is 15.1. The Balaban J connectivity index is 1.45.